The zero-order valence-electron chi connectivity index (χ0n) is 19.2. The predicted octanol–water partition coefficient (Wildman–Crippen LogP) is 5.48. The van der Waals surface area contributed by atoms with Crippen molar-refractivity contribution in [3.63, 3.8) is 0 Å². The maximum Gasteiger partial charge on any atom is 0.420 e. The molecule has 1 heterocycles. The third-order valence-corrected chi connectivity index (χ3v) is 6.99. The van der Waals surface area contributed by atoms with Crippen molar-refractivity contribution in [2.45, 2.75) is 50.0 Å². The molecule has 1 aliphatic rings. The molecule has 0 radical (unpaired) electrons. The summed E-state index contributed by atoms with van der Waals surface area (Å²) in [5.74, 6) is 0.177. The second-order valence-electron chi connectivity index (χ2n) is 9.46. The van der Waals surface area contributed by atoms with E-state index in [4.69, 9.17) is 16.3 Å². The highest BCUT2D eigenvalue weighted by Crippen LogP contribution is 2.59. The number of methoxy groups -OCH3 is 1. The Bertz CT molecular complexity index is 1260. The third kappa shape index (κ3) is 3.59. The van der Waals surface area contributed by atoms with Gasteiger partial charge in [0.1, 0.15) is 11.4 Å². The number of aliphatic hydroxyl groups is 2. The van der Waals surface area contributed by atoms with E-state index in [0.717, 1.165) is 5.69 Å². The van der Waals surface area contributed by atoms with Gasteiger partial charge in [0.25, 0.3) is 0 Å². The lowest BCUT2D eigenvalue weighted by atomic mass is 9.58. The first-order valence-corrected chi connectivity index (χ1v) is 11.1. The van der Waals surface area contributed by atoms with Crippen LogP contribution in [-0.4, -0.2) is 40.6 Å². The Morgan fingerprint density at radius 1 is 1.12 bits per heavy atom. The number of aromatic nitrogens is 1. The van der Waals surface area contributed by atoms with E-state index in [1.165, 1.54) is 19.2 Å². The molecule has 3 N–H and O–H groups in total. The molecule has 4 rings (SSSR count). The van der Waals surface area contributed by atoms with Crippen LogP contribution in [0.2, 0.25) is 5.02 Å². The topological polar surface area (TPSA) is 74.6 Å². The van der Waals surface area contributed by atoms with E-state index < -0.39 is 35.8 Å². The van der Waals surface area contributed by atoms with Crippen molar-refractivity contribution < 1.29 is 28.1 Å². The molecule has 0 amide bonds. The van der Waals surface area contributed by atoms with Crippen LogP contribution < -0.4 is 10.1 Å². The van der Waals surface area contributed by atoms with E-state index in [1.807, 2.05) is 6.92 Å². The van der Waals surface area contributed by atoms with Crippen molar-refractivity contribution in [3.05, 3.63) is 64.3 Å². The highest BCUT2D eigenvalue weighted by atomic mass is 35.5. The summed E-state index contributed by atoms with van der Waals surface area (Å²) in [6, 6.07) is 11.5. The van der Waals surface area contributed by atoms with Gasteiger partial charge in [-0.3, -0.25) is 4.98 Å². The quantitative estimate of drug-likeness (QED) is 0.448. The Morgan fingerprint density at radius 2 is 1.82 bits per heavy atom. The molecule has 0 saturated heterocycles. The predicted molar refractivity (Wildman–Crippen MR) is 126 cm³/mol. The molecule has 2 aromatic carbocycles. The van der Waals surface area contributed by atoms with Gasteiger partial charge in [-0.1, -0.05) is 37.6 Å². The molecule has 0 aliphatic heterocycles. The SMILES string of the molecule is COc1c(Cl)ccc2c1C(C)(C)CC(O)(C(F)(F)F)C2(O)CNc1cccc2nc(C)ccc12. The van der Waals surface area contributed by atoms with Crippen LogP contribution in [0.4, 0.5) is 18.9 Å². The Morgan fingerprint density at radius 3 is 2.47 bits per heavy atom. The lowest BCUT2D eigenvalue weighted by molar-refractivity contribution is -0.330. The molecule has 182 valence electrons. The van der Waals surface area contributed by atoms with E-state index in [9.17, 15) is 23.4 Å². The standard InChI is InChI=1S/C25H26ClF3N2O3/c1-14-8-9-15-18(6-5-7-19(15)31-14)30-13-23(32)16-10-11-17(26)21(34-4)20(16)22(2,3)12-24(23,33)25(27,28)29/h5-11,30,32-33H,12-13H2,1-4H3. The zero-order chi connectivity index (χ0) is 25.1. The summed E-state index contributed by atoms with van der Waals surface area (Å²) in [6.45, 7) is 4.34. The first-order chi connectivity index (χ1) is 15.7. The van der Waals surface area contributed by atoms with Crippen LogP contribution >= 0.6 is 11.6 Å². The molecule has 1 aliphatic carbocycles. The molecule has 2 unspecified atom stereocenters. The Labute approximate surface area is 200 Å². The number of halogens is 4. The van der Waals surface area contributed by atoms with Crippen LogP contribution in [0.1, 0.15) is 37.1 Å². The van der Waals surface area contributed by atoms with Gasteiger partial charge in [-0.25, -0.2) is 0 Å². The number of nitrogens with one attached hydrogen (secondary N) is 1. The maximum atomic E-state index is 14.4. The van der Waals surface area contributed by atoms with Crippen LogP contribution in [-0.2, 0) is 11.0 Å². The number of aryl methyl sites for hydroxylation is 1. The fraction of sp³-hybridized carbons (Fsp3) is 0.400. The summed E-state index contributed by atoms with van der Waals surface area (Å²) in [7, 11) is 1.37. The number of pyridine rings is 1. The molecule has 0 fully saturated rings. The molecule has 2 atom stereocenters. The largest absolute Gasteiger partial charge is 0.495 e. The van der Waals surface area contributed by atoms with Gasteiger partial charge < -0.3 is 20.3 Å². The second-order valence-corrected chi connectivity index (χ2v) is 9.87. The number of hydrogen-bond acceptors (Lipinski definition) is 5. The van der Waals surface area contributed by atoms with E-state index in [0.29, 0.717) is 22.2 Å². The monoisotopic (exact) mass is 494 g/mol. The summed E-state index contributed by atoms with van der Waals surface area (Å²) in [6.07, 6.45) is -5.91. The second kappa shape index (κ2) is 8.00. The Kier molecular flexibility index (Phi) is 5.78. The van der Waals surface area contributed by atoms with Gasteiger partial charge in [-0.2, -0.15) is 13.2 Å². The van der Waals surface area contributed by atoms with Gasteiger partial charge in [0.15, 0.2) is 5.60 Å². The smallest absolute Gasteiger partial charge is 0.420 e. The van der Waals surface area contributed by atoms with Crippen LogP contribution in [0, 0.1) is 6.92 Å². The molecule has 0 saturated carbocycles. The average Bonchev–Trinajstić information content (AvgIpc) is 2.74. The lowest BCUT2D eigenvalue weighted by Gasteiger charge is -2.53. The van der Waals surface area contributed by atoms with Gasteiger partial charge >= 0.3 is 6.18 Å². The van der Waals surface area contributed by atoms with Crippen molar-refractivity contribution >= 4 is 28.2 Å². The van der Waals surface area contributed by atoms with Crippen molar-refractivity contribution in [3.8, 4) is 5.75 Å². The summed E-state index contributed by atoms with van der Waals surface area (Å²) < 4.78 is 48.7. The van der Waals surface area contributed by atoms with E-state index in [-0.39, 0.29) is 16.3 Å². The van der Waals surface area contributed by atoms with E-state index in [2.05, 4.69) is 10.3 Å². The minimum atomic E-state index is -5.12. The number of hydrogen-bond donors (Lipinski definition) is 3. The van der Waals surface area contributed by atoms with E-state index in [1.54, 1.807) is 44.2 Å². The molecular formula is C25H26ClF3N2O3. The first kappa shape index (κ1) is 24.6. The van der Waals surface area contributed by atoms with Gasteiger partial charge in [0, 0.05) is 22.3 Å². The highest BCUT2D eigenvalue weighted by molar-refractivity contribution is 6.32. The Hall–Kier alpha value is -2.55. The maximum absolute atomic E-state index is 14.4. The zero-order valence-corrected chi connectivity index (χ0v) is 20.0. The average molecular weight is 495 g/mol. The number of alkyl halides is 3. The molecule has 34 heavy (non-hydrogen) atoms. The first-order valence-electron chi connectivity index (χ1n) is 10.7. The fourth-order valence-electron chi connectivity index (χ4n) is 5.08. The molecule has 1 aromatic heterocycles. The normalized spacial score (nSPS) is 24.1. The summed E-state index contributed by atoms with van der Waals surface area (Å²) in [5.41, 5.74) is -5.22. The molecule has 0 bridgehead atoms. The highest BCUT2D eigenvalue weighted by Gasteiger charge is 2.71. The molecule has 9 heteroatoms. The van der Waals surface area contributed by atoms with Crippen molar-refractivity contribution in [2.75, 3.05) is 19.0 Å². The molecule has 5 nitrogen and oxygen atoms in total. The van der Waals surface area contributed by atoms with Crippen molar-refractivity contribution in [1.29, 1.82) is 0 Å². The van der Waals surface area contributed by atoms with Crippen LogP contribution in [0.25, 0.3) is 10.9 Å². The minimum Gasteiger partial charge on any atom is -0.495 e. The number of rotatable bonds is 4. The number of benzene rings is 2. The van der Waals surface area contributed by atoms with Gasteiger partial charge in [0.05, 0.1) is 24.2 Å². The van der Waals surface area contributed by atoms with Crippen molar-refractivity contribution in [1.82, 2.24) is 4.98 Å². The molecule has 3 aromatic rings. The van der Waals surface area contributed by atoms with Crippen LogP contribution in [0.3, 0.4) is 0 Å². The molecule has 0 spiro atoms. The number of anilines is 1. The molecular weight excluding hydrogens is 469 g/mol. The van der Waals surface area contributed by atoms with E-state index >= 15 is 0 Å². The summed E-state index contributed by atoms with van der Waals surface area (Å²) in [5, 5.41) is 26.7. The van der Waals surface area contributed by atoms with Gasteiger partial charge in [0.2, 0.25) is 0 Å². The minimum absolute atomic E-state index is 0.0912. The summed E-state index contributed by atoms with van der Waals surface area (Å²) >= 11 is 6.28. The van der Waals surface area contributed by atoms with Gasteiger partial charge in [-0.15, -0.1) is 0 Å². The van der Waals surface area contributed by atoms with Crippen LogP contribution in [0.5, 0.6) is 5.75 Å². The lowest BCUT2D eigenvalue weighted by Crippen LogP contribution is -2.68. The number of fused-ring (bicyclic) bond motifs is 2. The third-order valence-electron chi connectivity index (χ3n) is 6.69. The van der Waals surface area contributed by atoms with Gasteiger partial charge in [-0.05, 0) is 54.7 Å². The summed E-state index contributed by atoms with van der Waals surface area (Å²) in [4.78, 5) is 4.44. The number of ether oxygens (including phenoxy) is 1. The van der Waals surface area contributed by atoms with Crippen LogP contribution in [0.15, 0.2) is 42.5 Å². The number of nitrogens with zero attached hydrogens (tertiary/aromatic N) is 1. The fourth-order valence-corrected chi connectivity index (χ4v) is 5.32. The van der Waals surface area contributed by atoms with Crippen molar-refractivity contribution in [2.24, 2.45) is 0 Å². The Balaban J connectivity index is 1.90.